The van der Waals surface area contributed by atoms with Crippen molar-refractivity contribution in [2.24, 2.45) is 0 Å². The van der Waals surface area contributed by atoms with Crippen LogP contribution in [0.3, 0.4) is 0 Å². The highest BCUT2D eigenvalue weighted by Crippen LogP contribution is 2.25. The smallest absolute Gasteiger partial charge is 0.287 e. The van der Waals surface area contributed by atoms with E-state index in [1.807, 2.05) is 30.1 Å². The molecule has 0 radical (unpaired) electrons. The molecule has 2 heterocycles. The van der Waals surface area contributed by atoms with Crippen LogP contribution in [0.25, 0.3) is 0 Å². The van der Waals surface area contributed by atoms with E-state index in [1.165, 1.54) is 11.8 Å². The number of hydrogen-bond donors (Lipinski definition) is 3. The fourth-order valence-electron chi connectivity index (χ4n) is 3.48. The molecular formula is C20H26N2O5. The topological polar surface area (TPSA) is 95.2 Å². The summed E-state index contributed by atoms with van der Waals surface area (Å²) < 4.78 is 10.9. The molecule has 7 heteroatoms. The Morgan fingerprint density at radius 2 is 1.96 bits per heavy atom. The Kier molecular flexibility index (Phi) is 6.63. The van der Waals surface area contributed by atoms with Crippen molar-refractivity contribution >= 4 is 5.91 Å². The first-order valence-corrected chi connectivity index (χ1v) is 9.10. The van der Waals surface area contributed by atoms with Gasteiger partial charge >= 0.3 is 0 Å². The average Bonchev–Trinajstić information content (AvgIpc) is 3.33. The minimum absolute atomic E-state index is 0.216. The Hall–Kier alpha value is -2.19. The van der Waals surface area contributed by atoms with Gasteiger partial charge in [-0.25, -0.2) is 0 Å². The molecule has 0 spiro atoms. The van der Waals surface area contributed by atoms with Crippen LogP contribution in [0.1, 0.15) is 16.1 Å². The molecule has 0 aliphatic carbocycles. The molecule has 3 rings (SSSR count). The highest BCUT2D eigenvalue weighted by atomic mass is 16.5. The van der Waals surface area contributed by atoms with Gasteiger partial charge in [0.15, 0.2) is 5.76 Å². The maximum atomic E-state index is 12.1. The third-order valence-corrected chi connectivity index (χ3v) is 4.96. The van der Waals surface area contributed by atoms with Gasteiger partial charge in [0.2, 0.25) is 0 Å². The molecule has 1 amide bonds. The lowest BCUT2D eigenvalue weighted by molar-refractivity contribution is -0.0209. The number of aliphatic hydroxyl groups excluding tert-OH is 2. The van der Waals surface area contributed by atoms with Crippen molar-refractivity contribution in [3.63, 3.8) is 0 Å². The van der Waals surface area contributed by atoms with Crippen molar-refractivity contribution in [2.45, 2.75) is 30.8 Å². The number of rotatable bonds is 8. The molecule has 1 aromatic heterocycles. The van der Waals surface area contributed by atoms with Crippen molar-refractivity contribution < 1.29 is 24.2 Å². The number of benzene rings is 1. The third-order valence-electron chi connectivity index (χ3n) is 4.96. The highest BCUT2D eigenvalue weighted by Gasteiger charge is 2.45. The van der Waals surface area contributed by atoms with Crippen LogP contribution in [0.5, 0.6) is 0 Å². The summed E-state index contributed by atoms with van der Waals surface area (Å²) in [6.07, 6.45) is 0.334. The van der Waals surface area contributed by atoms with Gasteiger partial charge in [-0.1, -0.05) is 30.3 Å². The summed E-state index contributed by atoms with van der Waals surface area (Å²) >= 11 is 0. The number of aliphatic hydroxyl groups is 2. The molecule has 1 aliphatic rings. The van der Waals surface area contributed by atoms with Crippen LogP contribution in [0, 0.1) is 0 Å². The van der Waals surface area contributed by atoms with Crippen LogP contribution in [0.2, 0.25) is 0 Å². The first-order chi connectivity index (χ1) is 13.1. The summed E-state index contributed by atoms with van der Waals surface area (Å²) in [5.74, 6) is -0.113. The summed E-state index contributed by atoms with van der Waals surface area (Å²) in [5.41, 5.74) is 1.21. The second-order valence-corrected chi connectivity index (χ2v) is 6.78. The minimum atomic E-state index is -0.832. The fraction of sp³-hybridized carbons (Fsp3) is 0.450. The number of amides is 1. The van der Waals surface area contributed by atoms with Crippen LogP contribution in [-0.2, 0) is 11.2 Å². The van der Waals surface area contributed by atoms with Gasteiger partial charge in [0.25, 0.3) is 5.91 Å². The lowest BCUT2D eigenvalue weighted by Gasteiger charge is -2.30. The zero-order valence-corrected chi connectivity index (χ0v) is 15.3. The molecule has 1 fully saturated rings. The van der Waals surface area contributed by atoms with Crippen molar-refractivity contribution in [3.05, 3.63) is 60.1 Å². The molecule has 0 bridgehead atoms. The summed E-state index contributed by atoms with van der Waals surface area (Å²) in [5, 5.41) is 22.8. The number of hydrogen-bond acceptors (Lipinski definition) is 6. The van der Waals surface area contributed by atoms with E-state index in [4.69, 9.17) is 9.15 Å². The molecule has 0 saturated carbocycles. The van der Waals surface area contributed by atoms with Crippen molar-refractivity contribution in [2.75, 3.05) is 26.7 Å². The van der Waals surface area contributed by atoms with Gasteiger partial charge in [0.1, 0.15) is 12.2 Å². The van der Waals surface area contributed by atoms with E-state index < -0.39 is 18.3 Å². The molecule has 7 nitrogen and oxygen atoms in total. The van der Waals surface area contributed by atoms with Gasteiger partial charge < -0.3 is 24.7 Å². The predicted octanol–water partition coefficient (Wildman–Crippen LogP) is 0.673. The molecule has 2 aromatic rings. The standard InChI is InChI=1S/C20H26N2O5/c1-22(10-9-14-6-3-2-4-7-14)18-16(27-17(13-23)19(18)24)12-21-20(25)15-8-5-11-26-15/h2-8,11,16-19,23-24H,9-10,12-13H2,1H3,(H,21,25)/t16-,17+,18+,19-/m1/s1. The Morgan fingerprint density at radius 1 is 1.19 bits per heavy atom. The van der Waals surface area contributed by atoms with Crippen LogP contribution in [0.15, 0.2) is 53.1 Å². The van der Waals surface area contributed by atoms with Gasteiger partial charge in [-0.05, 0) is 31.2 Å². The quantitative estimate of drug-likeness (QED) is 0.629. The van der Waals surface area contributed by atoms with E-state index in [-0.39, 0.29) is 30.9 Å². The largest absolute Gasteiger partial charge is 0.459 e. The molecule has 146 valence electrons. The van der Waals surface area contributed by atoms with Gasteiger partial charge in [-0.3, -0.25) is 9.69 Å². The second kappa shape index (κ2) is 9.14. The fourth-order valence-corrected chi connectivity index (χ4v) is 3.48. The maximum absolute atomic E-state index is 12.1. The molecule has 0 unspecified atom stereocenters. The van der Waals surface area contributed by atoms with Gasteiger partial charge in [-0.2, -0.15) is 0 Å². The summed E-state index contributed by atoms with van der Waals surface area (Å²) in [7, 11) is 1.92. The van der Waals surface area contributed by atoms with Crippen molar-refractivity contribution in [1.82, 2.24) is 10.2 Å². The summed E-state index contributed by atoms with van der Waals surface area (Å²) in [6, 6.07) is 13.0. The summed E-state index contributed by atoms with van der Waals surface area (Å²) in [4.78, 5) is 14.1. The minimum Gasteiger partial charge on any atom is -0.459 e. The van der Waals surface area contributed by atoms with E-state index in [0.29, 0.717) is 0 Å². The molecular weight excluding hydrogens is 348 g/mol. The lowest BCUT2D eigenvalue weighted by Crippen LogP contribution is -2.50. The monoisotopic (exact) mass is 374 g/mol. The lowest BCUT2D eigenvalue weighted by atomic mass is 10.0. The number of carbonyl (C=O) groups is 1. The molecule has 3 N–H and O–H groups in total. The SMILES string of the molecule is CN(CCc1ccccc1)[C@@H]1[C@H](O)[C@H](CO)O[C@@H]1CNC(=O)c1ccco1. The average molecular weight is 374 g/mol. The Morgan fingerprint density at radius 3 is 2.63 bits per heavy atom. The van der Waals surface area contributed by atoms with E-state index in [1.54, 1.807) is 12.1 Å². The third kappa shape index (κ3) is 4.75. The number of nitrogens with one attached hydrogen (secondary N) is 1. The molecule has 4 atom stereocenters. The van der Waals surface area contributed by atoms with E-state index in [2.05, 4.69) is 17.4 Å². The normalized spacial score (nSPS) is 25.0. The Bertz CT molecular complexity index is 706. The first kappa shape index (κ1) is 19.6. The molecule has 27 heavy (non-hydrogen) atoms. The zero-order chi connectivity index (χ0) is 19.2. The number of likely N-dealkylation sites (N-methyl/N-ethyl adjacent to an activating group) is 1. The number of ether oxygens (including phenoxy) is 1. The number of furan rings is 1. The molecule has 1 saturated heterocycles. The van der Waals surface area contributed by atoms with Crippen LogP contribution in [-0.4, -0.2) is 72.1 Å². The van der Waals surface area contributed by atoms with E-state index in [9.17, 15) is 15.0 Å². The van der Waals surface area contributed by atoms with Gasteiger partial charge in [0, 0.05) is 13.1 Å². The number of carbonyl (C=O) groups excluding carboxylic acids is 1. The maximum Gasteiger partial charge on any atom is 0.287 e. The van der Waals surface area contributed by atoms with Gasteiger partial charge in [0.05, 0.1) is 25.0 Å². The van der Waals surface area contributed by atoms with Gasteiger partial charge in [-0.15, -0.1) is 0 Å². The second-order valence-electron chi connectivity index (χ2n) is 6.78. The predicted molar refractivity (Wildman–Crippen MR) is 99.4 cm³/mol. The first-order valence-electron chi connectivity index (χ1n) is 9.10. The van der Waals surface area contributed by atoms with Crippen molar-refractivity contribution in [3.8, 4) is 0 Å². The molecule has 1 aliphatic heterocycles. The van der Waals surface area contributed by atoms with E-state index in [0.717, 1.165) is 13.0 Å². The number of nitrogens with zero attached hydrogens (tertiary/aromatic N) is 1. The van der Waals surface area contributed by atoms with Crippen LogP contribution < -0.4 is 5.32 Å². The van der Waals surface area contributed by atoms with Crippen LogP contribution in [0.4, 0.5) is 0 Å². The highest BCUT2D eigenvalue weighted by molar-refractivity contribution is 5.91. The molecule has 1 aromatic carbocycles. The Balaban J connectivity index is 1.61. The Labute approximate surface area is 158 Å². The zero-order valence-electron chi connectivity index (χ0n) is 15.3. The van der Waals surface area contributed by atoms with E-state index >= 15 is 0 Å². The summed E-state index contributed by atoms with van der Waals surface area (Å²) in [6.45, 7) is 0.663. The van der Waals surface area contributed by atoms with Crippen molar-refractivity contribution in [1.29, 1.82) is 0 Å². The van der Waals surface area contributed by atoms with Crippen LogP contribution >= 0.6 is 0 Å².